The molecule has 21 heavy (non-hydrogen) atoms. The number of anilines is 1. The minimum Gasteiger partial charge on any atom is -0.492 e. The first kappa shape index (κ1) is 17.7. The van der Waals surface area contributed by atoms with Gasteiger partial charge in [-0.2, -0.15) is 0 Å². The van der Waals surface area contributed by atoms with E-state index in [1.807, 2.05) is 0 Å². The van der Waals surface area contributed by atoms with Crippen LogP contribution >= 0.6 is 0 Å². The monoisotopic (exact) mass is 318 g/mol. The van der Waals surface area contributed by atoms with Gasteiger partial charge in [-0.3, -0.25) is 0 Å². The molecule has 0 aromatic heterocycles. The van der Waals surface area contributed by atoms with Crippen molar-refractivity contribution in [1.82, 2.24) is 4.72 Å². The summed E-state index contributed by atoms with van der Waals surface area (Å²) in [5, 5.41) is 0. The van der Waals surface area contributed by atoms with Crippen LogP contribution in [0.2, 0.25) is 0 Å². The second-order valence-corrected chi connectivity index (χ2v) is 6.17. The zero-order valence-corrected chi connectivity index (χ0v) is 12.9. The molecule has 0 atom stereocenters. The highest BCUT2D eigenvalue weighted by atomic mass is 32.2. The van der Waals surface area contributed by atoms with Crippen molar-refractivity contribution in [3.8, 4) is 5.75 Å². The van der Waals surface area contributed by atoms with E-state index >= 15 is 0 Å². The van der Waals surface area contributed by atoms with Gasteiger partial charge < -0.3 is 19.9 Å². The molecule has 0 aliphatic rings. The van der Waals surface area contributed by atoms with Crippen LogP contribution in [0.3, 0.4) is 0 Å². The van der Waals surface area contributed by atoms with Crippen LogP contribution in [0.25, 0.3) is 0 Å². The standard InChI is InChI=1S/C13H22N2O5S/c1-18-7-8-19-6-5-15-21(16,17)10-9-20-13-4-2-3-12(14)11-13/h2-4,11,15H,5-10,14H2,1H3. The van der Waals surface area contributed by atoms with Crippen molar-refractivity contribution in [1.29, 1.82) is 0 Å². The number of nitrogen functional groups attached to an aromatic ring is 1. The summed E-state index contributed by atoms with van der Waals surface area (Å²) in [5.74, 6) is 0.424. The van der Waals surface area contributed by atoms with Crippen molar-refractivity contribution < 1.29 is 22.6 Å². The normalized spacial score (nSPS) is 11.5. The Morgan fingerprint density at radius 2 is 2.00 bits per heavy atom. The van der Waals surface area contributed by atoms with Gasteiger partial charge in [-0.05, 0) is 12.1 Å². The van der Waals surface area contributed by atoms with Gasteiger partial charge in [0, 0.05) is 25.4 Å². The molecule has 0 aliphatic heterocycles. The van der Waals surface area contributed by atoms with E-state index in [0.29, 0.717) is 31.3 Å². The fraction of sp³-hybridized carbons (Fsp3) is 0.538. The first-order chi connectivity index (χ1) is 10.0. The molecular weight excluding hydrogens is 296 g/mol. The van der Waals surface area contributed by atoms with Gasteiger partial charge in [0.1, 0.15) is 12.4 Å². The first-order valence-electron chi connectivity index (χ1n) is 6.56. The highest BCUT2D eigenvalue weighted by Crippen LogP contribution is 2.14. The Kier molecular flexibility index (Phi) is 8.06. The van der Waals surface area contributed by atoms with Crippen LogP contribution in [0.15, 0.2) is 24.3 Å². The summed E-state index contributed by atoms with van der Waals surface area (Å²) in [6, 6.07) is 6.84. The van der Waals surface area contributed by atoms with Crippen LogP contribution < -0.4 is 15.2 Å². The van der Waals surface area contributed by atoms with E-state index in [1.165, 1.54) is 0 Å². The molecule has 8 heteroatoms. The second kappa shape index (κ2) is 9.56. The predicted molar refractivity (Wildman–Crippen MR) is 80.8 cm³/mol. The maximum absolute atomic E-state index is 11.7. The van der Waals surface area contributed by atoms with E-state index in [1.54, 1.807) is 31.4 Å². The Bertz CT molecular complexity index is 507. The number of ether oxygens (including phenoxy) is 3. The summed E-state index contributed by atoms with van der Waals surface area (Å²) in [6.07, 6.45) is 0. The Morgan fingerprint density at radius 1 is 1.19 bits per heavy atom. The van der Waals surface area contributed by atoms with Crippen LogP contribution in [-0.2, 0) is 19.5 Å². The molecule has 0 spiro atoms. The van der Waals surface area contributed by atoms with Crippen molar-refractivity contribution in [2.24, 2.45) is 0 Å². The van der Waals surface area contributed by atoms with Gasteiger partial charge in [0.2, 0.25) is 10.0 Å². The summed E-state index contributed by atoms with van der Waals surface area (Å²) in [5.41, 5.74) is 6.17. The molecule has 1 aromatic carbocycles. The van der Waals surface area contributed by atoms with Crippen molar-refractivity contribution in [2.45, 2.75) is 0 Å². The summed E-state index contributed by atoms with van der Waals surface area (Å²) < 4.78 is 41.1. The van der Waals surface area contributed by atoms with Crippen molar-refractivity contribution in [3.05, 3.63) is 24.3 Å². The summed E-state index contributed by atoms with van der Waals surface area (Å²) in [6.45, 7) is 1.52. The molecule has 0 radical (unpaired) electrons. The third kappa shape index (κ3) is 8.51. The number of hydrogen-bond acceptors (Lipinski definition) is 6. The highest BCUT2D eigenvalue weighted by Gasteiger charge is 2.09. The highest BCUT2D eigenvalue weighted by molar-refractivity contribution is 7.89. The molecule has 0 unspecified atom stereocenters. The lowest BCUT2D eigenvalue weighted by molar-refractivity contribution is 0.0736. The van der Waals surface area contributed by atoms with Crippen molar-refractivity contribution in [3.63, 3.8) is 0 Å². The SMILES string of the molecule is COCCOCCNS(=O)(=O)CCOc1cccc(N)c1. The maximum atomic E-state index is 11.7. The average molecular weight is 318 g/mol. The number of sulfonamides is 1. The van der Waals surface area contributed by atoms with Crippen LogP contribution in [-0.4, -0.2) is 54.3 Å². The molecule has 3 N–H and O–H groups in total. The zero-order valence-electron chi connectivity index (χ0n) is 12.1. The molecule has 120 valence electrons. The van der Waals surface area contributed by atoms with Gasteiger partial charge in [0.15, 0.2) is 0 Å². The smallest absolute Gasteiger partial charge is 0.215 e. The molecule has 0 bridgehead atoms. The topological polar surface area (TPSA) is 99.9 Å². The number of hydrogen-bond donors (Lipinski definition) is 2. The first-order valence-corrected chi connectivity index (χ1v) is 8.21. The van der Waals surface area contributed by atoms with Crippen LogP contribution in [0.4, 0.5) is 5.69 Å². The van der Waals surface area contributed by atoms with E-state index in [0.717, 1.165) is 0 Å². The predicted octanol–water partition coefficient (Wildman–Crippen LogP) is 0.230. The van der Waals surface area contributed by atoms with Crippen molar-refractivity contribution >= 4 is 15.7 Å². The van der Waals surface area contributed by atoms with E-state index < -0.39 is 10.0 Å². The van der Waals surface area contributed by atoms with Gasteiger partial charge in [-0.1, -0.05) is 6.07 Å². The number of benzene rings is 1. The largest absolute Gasteiger partial charge is 0.492 e. The fourth-order valence-electron chi connectivity index (χ4n) is 1.46. The number of methoxy groups -OCH3 is 1. The molecule has 0 amide bonds. The van der Waals surface area contributed by atoms with Gasteiger partial charge in [0.05, 0.1) is 25.6 Å². The summed E-state index contributed by atoms with van der Waals surface area (Å²) in [7, 11) is -1.80. The van der Waals surface area contributed by atoms with Gasteiger partial charge in [-0.25, -0.2) is 13.1 Å². The second-order valence-electron chi connectivity index (χ2n) is 4.24. The van der Waals surface area contributed by atoms with Crippen LogP contribution in [0.1, 0.15) is 0 Å². The molecule has 0 saturated heterocycles. The molecule has 0 saturated carbocycles. The molecule has 7 nitrogen and oxygen atoms in total. The van der Waals surface area contributed by atoms with E-state index in [-0.39, 0.29) is 18.9 Å². The summed E-state index contributed by atoms with van der Waals surface area (Å²) in [4.78, 5) is 0. The lowest BCUT2D eigenvalue weighted by Gasteiger charge is -2.09. The Morgan fingerprint density at radius 3 is 2.71 bits per heavy atom. The minimum atomic E-state index is -3.37. The summed E-state index contributed by atoms with van der Waals surface area (Å²) >= 11 is 0. The zero-order chi connectivity index (χ0) is 15.6. The number of rotatable bonds is 11. The van der Waals surface area contributed by atoms with E-state index in [9.17, 15) is 8.42 Å². The average Bonchev–Trinajstić information content (AvgIpc) is 2.42. The molecule has 1 rings (SSSR count). The van der Waals surface area contributed by atoms with Gasteiger partial charge >= 0.3 is 0 Å². The molecular formula is C13H22N2O5S. The fourth-order valence-corrected chi connectivity index (χ4v) is 2.30. The van der Waals surface area contributed by atoms with Gasteiger partial charge in [0.25, 0.3) is 0 Å². The van der Waals surface area contributed by atoms with Crippen LogP contribution in [0, 0.1) is 0 Å². The quantitative estimate of drug-likeness (QED) is 0.447. The molecule has 0 heterocycles. The molecule has 0 fully saturated rings. The van der Waals surface area contributed by atoms with Crippen molar-refractivity contribution in [2.75, 3.05) is 51.6 Å². The van der Waals surface area contributed by atoms with E-state index in [4.69, 9.17) is 19.9 Å². The third-order valence-electron chi connectivity index (χ3n) is 2.48. The molecule has 1 aromatic rings. The lowest BCUT2D eigenvalue weighted by Crippen LogP contribution is -2.31. The van der Waals surface area contributed by atoms with E-state index in [2.05, 4.69) is 4.72 Å². The third-order valence-corrected chi connectivity index (χ3v) is 3.83. The minimum absolute atomic E-state index is 0.0588. The Labute approximate surface area is 125 Å². The maximum Gasteiger partial charge on any atom is 0.215 e. The number of nitrogens with two attached hydrogens (primary N) is 1. The Balaban J connectivity index is 2.17. The van der Waals surface area contributed by atoms with Crippen LogP contribution in [0.5, 0.6) is 5.75 Å². The molecule has 0 aliphatic carbocycles. The number of nitrogens with one attached hydrogen (secondary N) is 1. The van der Waals surface area contributed by atoms with Gasteiger partial charge in [-0.15, -0.1) is 0 Å². The Hall–Kier alpha value is -1.35. The lowest BCUT2D eigenvalue weighted by atomic mass is 10.3.